The number of carbonyl (C=O) groups is 1. The van der Waals surface area contributed by atoms with Crippen LogP contribution in [0, 0.1) is 17.6 Å². The standard InChI is InChI=1S/C16H20F5N3O/c1-10(12-2-3-13(17)14(18)6-12)23-15(25)22-7-11-4-5-24(8-11)9-16(19,20)21/h2-3,6,10-11H,4-5,7-9H2,1H3,(H2,22,23,25)/t10-,11-/m0/s1. The lowest BCUT2D eigenvalue weighted by atomic mass is 10.1. The minimum Gasteiger partial charge on any atom is -0.338 e. The average Bonchev–Trinajstić information content (AvgIpc) is 2.93. The molecule has 0 saturated carbocycles. The van der Waals surface area contributed by atoms with Crippen LogP contribution < -0.4 is 10.6 Å². The van der Waals surface area contributed by atoms with Gasteiger partial charge in [-0.1, -0.05) is 6.07 Å². The average molecular weight is 365 g/mol. The van der Waals surface area contributed by atoms with E-state index in [1.54, 1.807) is 6.92 Å². The molecule has 1 aromatic carbocycles. The van der Waals surface area contributed by atoms with Crippen LogP contribution in [-0.4, -0.2) is 43.3 Å². The normalized spacial score (nSPS) is 19.7. The van der Waals surface area contributed by atoms with Gasteiger partial charge in [0, 0.05) is 13.1 Å². The van der Waals surface area contributed by atoms with Crippen molar-refractivity contribution < 1.29 is 26.7 Å². The summed E-state index contributed by atoms with van der Waals surface area (Å²) < 4.78 is 63.1. The number of alkyl halides is 3. The number of hydrogen-bond donors (Lipinski definition) is 2. The zero-order valence-corrected chi connectivity index (χ0v) is 13.7. The van der Waals surface area contributed by atoms with Crippen LogP contribution >= 0.6 is 0 Å². The lowest BCUT2D eigenvalue weighted by Crippen LogP contribution is -2.40. The van der Waals surface area contributed by atoms with E-state index in [1.807, 2.05) is 0 Å². The van der Waals surface area contributed by atoms with Crippen LogP contribution in [0.2, 0.25) is 0 Å². The number of benzene rings is 1. The van der Waals surface area contributed by atoms with E-state index in [0.29, 0.717) is 18.5 Å². The Kier molecular flexibility index (Phi) is 6.21. The van der Waals surface area contributed by atoms with Crippen molar-refractivity contribution in [3.8, 4) is 0 Å². The van der Waals surface area contributed by atoms with Crippen molar-refractivity contribution in [1.82, 2.24) is 15.5 Å². The Morgan fingerprint density at radius 1 is 1.32 bits per heavy atom. The van der Waals surface area contributed by atoms with E-state index in [1.165, 1.54) is 11.0 Å². The lowest BCUT2D eigenvalue weighted by molar-refractivity contribution is -0.143. The minimum atomic E-state index is -4.22. The molecule has 2 rings (SSSR count). The van der Waals surface area contributed by atoms with Gasteiger partial charge in [-0.05, 0) is 43.5 Å². The first-order valence-corrected chi connectivity index (χ1v) is 7.92. The second-order valence-corrected chi connectivity index (χ2v) is 6.25. The first-order chi connectivity index (χ1) is 11.6. The summed E-state index contributed by atoms with van der Waals surface area (Å²) in [4.78, 5) is 13.2. The topological polar surface area (TPSA) is 44.4 Å². The summed E-state index contributed by atoms with van der Waals surface area (Å²) in [5.74, 6) is -2.01. The van der Waals surface area contributed by atoms with Crippen LogP contribution in [0.15, 0.2) is 18.2 Å². The van der Waals surface area contributed by atoms with Gasteiger partial charge in [0.2, 0.25) is 0 Å². The van der Waals surface area contributed by atoms with Crippen LogP contribution in [0.4, 0.5) is 26.7 Å². The summed E-state index contributed by atoms with van der Waals surface area (Å²) in [7, 11) is 0. The van der Waals surface area contributed by atoms with Gasteiger partial charge in [0.15, 0.2) is 11.6 Å². The van der Waals surface area contributed by atoms with E-state index in [-0.39, 0.29) is 19.0 Å². The Bertz CT molecular complexity index is 608. The lowest BCUT2D eigenvalue weighted by Gasteiger charge is -2.19. The first-order valence-electron chi connectivity index (χ1n) is 7.92. The third-order valence-electron chi connectivity index (χ3n) is 4.12. The molecule has 2 atom stereocenters. The van der Waals surface area contributed by atoms with E-state index in [9.17, 15) is 26.7 Å². The zero-order valence-electron chi connectivity index (χ0n) is 13.7. The van der Waals surface area contributed by atoms with E-state index in [4.69, 9.17) is 0 Å². The van der Waals surface area contributed by atoms with E-state index >= 15 is 0 Å². The predicted octanol–water partition coefficient (Wildman–Crippen LogP) is 3.21. The minimum absolute atomic E-state index is 0.0494. The van der Waals surface area contributed by atoms with Gasteiger partial charge in [0.05, 0.1) is 12.6 Å². The molecule has 1 aliphatic heterocycles. The van der Waals surface area contributed by atoms with Crippen molar-refractivity contribution >= 4 is 6.03 Å². The number of nitrogens with zero attached hydrogens (tertiary/aromatic N) is 1. The highest BCUT2D eigenvalue weighted by Crippen LogP contribution is 2.22. The molecule has 0 spiro atoms. The molecule has 0 radical (unpaired) electrons. The number of hydrogen-bond acceptors (Lipinski definition) is 2. The van der Waals surface area contributed by atoms with Gasteiger partial charge in [0.25, 0.3) is 0 Å². The van der Waals surface area contributed by atoms with Crippen LogP contribution in [-0.2, 0) is 0 Å². The van der Waals surface area contributed by atoms with Gasteiger partial charge in [-0.15, -0.1) is 0 Å². The van der Waals surface area contributed by atoms with Crippen LogP contribution in [0.5, 0.6) is 0 Å². The molecule has 0 aromatic heterocycles. The van der Waals surface area contributed by atoms with Crippen LogP contribution in [0.1, 0.15) is 24.9 Å². The fourth-order valence-electron chi connectivity index (χ4n) is 2.83. The van der Waals surface area contributed by atoms with Crippen molar-refractivity contribution in [2.75, 3.05) is 26.2 Å². The summed E-state index contributed by atoms with van der Waals surface area (Å²) in [6, 6.07) is 2.31. The number of halogens is 5. The van der Waals surface area contributed by atoms with Gasteiger partial charge in [-0.2, -0.15) is 13.2 Å². The molecule has 1 aromatic rings. The number of nitrogens with one attached hydrogen (secondary N) is 2. The van der Waals surface area contributed by atoms with Crippen molar-refractivity contribution in [2.45, 2.75) is 25.6 Å². The maximum absolute atomic E-state index is 13.2. The quantitative estimate of drug-likeness (QED) is 0.787. The number of likely N-dealkylation sites (tertiary alicyclic amines) is 1. The van der Waals surface area contributed by atoms with Gasteiger partial charge < -0.3 is 10.6 Å². The Labute approximate surface area is 142 Å². The first kappa shape index (κ1) is 19.4. The highest BCUT2D eigenvalue weighted by atomic mass is 19.4. The molecule has 140 valence electrons. The smallest absolute Gasteiger partial charge is 0.338 e. The molecule has 4 nitrogen and oxygen atoms in total. The Balaban J connectivity index is 1.74. The molecule has 1 heterocycles. The summed E-state index contributed by atoms with van der Waals surface area (Å²) in [6.07, 6.45) is -3.64. The maximum Gasteiger partial charge on any atom is 0.401 e. The van der Waals surface area contributed by atoms with Crippen molar-refractivity contribution in [3.63, 3.8) is 0 Å². The fourth-order valence-corrected chi connectivity index (χ4v) is 2.83. The predicted molar refractivity (Wildman–Crippen MR) is 81.9 cm³/mol. The Morgan fingerprint density at radius 3 is 2.68 bits per heavy atom. The van der Waals surface area contributed by atoms with Gasteiger partial charge in [-0.3, -0.25) is 4.90 Å². The summed E-state index contributed by atoms with van der Waals surface area (Å²) in [6.45, 7) is 1.55. The van der Waals surface area contributed by atoms with E-state index in [2.05, 4.69) is 10.6 Å². The Hall–Kier alpha value is -1.90. The summed E-state index contributed by atoms with van der Waals surface area (Å²) in [5.41, 5.74) is 0.409. The van der Waals surface area contributed by atoms with Gasteiger partial charge in [0.1, 0.15) is 0 Å². The van der Waals surface area contributed by atoms with Crippen molar-refractivity contribution in [2.24, 2.45) is 5.92 Å². The van der Waals surface area contributed by atoms with Crippen LogP contribution in [0.25, 0.3) is 0 Å². The highest BCUT2D eigenvalue weighted by Gasteiger charge is 2.34. The molecule has 1 saturated heterocycles. The molecule has 0 unspecified atom stereocenters. The molecule has 9 heteroatoms. The zero-order chi connectivity index (χ0) is 18.6. The second kappa shape index (κ2) is 7.99. The number of carbonyl (C=O) groups excluding carboxylic acids is 1. The molecule has 25 heavy (non-hydrogen) atoms. The van der Waals surface area contributed by atoms with Crippen molar-refractivity contribution in [3.05, 3.63) is 35.4 Å². The maximum atomic E-state index is 13.2. The SMILES string of the molecule is C[C@H](NC(=O)NC[C@@H]1CCN(CC(F)(F)F)C1)c1ccc(F)c(F)c1. The van der Waals surface area contributed by atoms with Crippen LogP contribution in [0.3, 0.4) is 0 Å². The highest BCUT2D eigenvalue weighted by molar-refractivity contribution is 5.74. The summed E-state index contributed by atoms with van der Waals surface area (Å²) >= 11 is 0. The molecule has 0 aliphatic carbocycles. The third kappa shape index (κ3) is 6.15. The fraction of sp³-hybridized carbons (Fsp3) is 0.562. The number of rotatable bonds is 5. The van der Waals surface area contributed by atoms with Gasteiger partial charge in [-0.25, -0.2) is 13.6 Å². The van der Waals surface area contributed by atoms with E-state index < -0.39 is 36.4 Å². The number of urea groups is 1. The van der Waals surface area contributed by atoms with E-state index in [0.717, 1.165) is 12.1 Å². The molecular formula is C16H20F5N3O. The molecular weight excluding hydrogens is 345 g/mol. The third-order valence-corrected chi connectivity index (χ3v) is 4.12. The van der Waals surface area contributed by atoms with Gasteiger partial charge >= 0.3 is 12.2 Å². The molecule has 1 aliphatic rings. The monoisotopic (exact) mass is 365 g/mol. The Morgan fingerprint density at radius 2 is 2.04 bits per heavy atom. The second-order valence-electron chi connectivity index (χ2n) is 6.25. The molecule has 2 N–H and O–H groups in total. The molecule has 2 amide bonds. The largest absolute Gasteiger partial charge is 0.401 e. The van der Waals surface area contributed by atoms with Crippen molar-refractivity contribution in [1.29, 1.82) is 0 Å². The molecule has 1 fully saturated rings. The molecule has 0 bridgehead atoms. The number of amides is 2. The summed E-state index contributed by atoms with van der Waals surface area (Å²) in [5, 5.41) is 5.19.